The molecule has 0 radical (unpaired) electrons. The van der Waals surface area contributed by atoms with Crippen molar-refractivity contribution in [3.05, 3.63) is 59.0 Å². The Morgan fingerprint density at radius 2 is 1.71 bits per heavy atom. The third-order valence-corrected chi connectivity index (χ3v) is 6.20. The van der Waals surface area contributed by atoms with E-state index >= 15 is 0 Å². The van der Waals surface area contributed by atoms with Crippen LogP contribution in [0.1, 0.15) is 33.6 Å². The standard InChI is InChI=1S/C21H14N2O4S/c24-18-8-7-16(19(25)22-18)23-20(26)13-6-5-11(9-14(13)21(23)27)15-10-28-17-4-2-1-3-12(15)17/h1-6,9-10,16H,7-8H2,(H,22,24,25). The summed E-state index contributed by atoms with van der Waals surface area (Å²) >= 11 is 1.62. The smallest absolute Gasteiger partial charge is 0.262 e. The van der Waals surface area contributed by atoms with Crippen LogP contribution in [-0.4, -0.2) is 34.6 Å². The normalized spacial score (nSPS) is 19.3. The summed E-state index contributed by atoms with van der Waals surface area (Å²) in [6.07, 6.45) is 0.258. The van der Waals surface area contributed by atoms with Crippen molar-refractivity contribution in [2.24, 2.45) is 0 Å². The molecule has 28 heavy (non-hydrogen) atoms. The molecule has 4 amide bonds. The lowest BCUT2D eigenvalue weighted by molar-refractivity contribution is -0.136. The number of carbonyl (C=O) groups excluding carboxylic acids is 4. The van der Waals surface area contributed by atoms with E-state index in [2.05, 4.69) is 5.32 Å². The summed E-state index contributed by atoms with van der Waals surface area (Å²) < 4.78 is 1.14. The molecule has 0 saturated carbocycles. The molecule has 2 aliphatic rings. The zero-order valence-corrected chi connectivity index (χ0v) is 15.4. The molecule has 2 aromatic carbocycles. The van der Waals surface area contributed by atoms with Crippen LogP contribution in [0.3, 0.4) is 0 Å². The SMILES string of the molecule is O=C1CCC(N2C(=O)c3ccc(-c4csc5ccccc45)cc3C2=O)C(=O)N1. The van der Waals surface area contributed by atoms with Gasteiger partial charge in [0.15, 0.2) is 0 Å². The Hall–Kier alpha value is -3.32. The Balaban J connectivity index is 1.55. The molecule has 138 valence electrons. The summed E-state index contributed by atoms with van der Waals surface area (Å²) in [5.41, 5.74) is 2.44. The fourth-order valence-corrected chi connectivity index (χ4v) is 4.81. The predicted molar refractivity (Wildman–Crippen MR) is 104 cm³/mol. The number of carbonyl (C=O) groups is 4. The van der Waals surface area contributed by atoms with Crippen LogP contribution in [0.2, 0.25) is 0 Å². The summed E-state index contributed by atoms with van der Waals surface area (Å²) in [6.45, 7) is 0. The van der Waals surface area contributed by atoms with Crippen LogP contribution in [0.25, 0.3) is 21.2 Å². The maximum Gasteiger partial charge on any atom is 0.262 e. The number of benzene rings is 2. The second kappa shape index (κ2) is 6.10. The maximum atomic E-state index is 13.0. The number of hydrogen-bond acceptors (Lipinski definition) is 5. The van der Waals surface area contributed by atoms with E-state index in [4.69, 9.17) is 0 Å². The van der Waals surface area contributed by atoms with Gasteiger partial charge in [-0.3, -0.25) is 29.4 Å². The molecule has 0 spiro atoms. The number of nitrogens with zero attached hydrogens (tertiary/aromatic N) is 1. The van der Waals surface area contributed by atoms with Gasteiger partial charge in [0.05, 0.1) is 11.1 Å². The Bertz CT molecular complexity index is 1200. The van der Waals surface area contributed by atoms with E-state index in [0.29, 0.717) is 5.56 Å². The lowest BCUT2D eigenvalue weighted by atomic mass is 10.00. The molecule has 0 aliphatic carbocycles. The van der Waals surface area contributed by atoms with Crippen molar-refractivity contribution in [3.63, 3.8) is 0 Å². The number of fused-ring (bicyclic) bond motifs is 2. The summed E-state index contributed by atoms with van der Waals surface area (Å²) in [5.74, 6) is -1.97. The molecule has 3 aromatic rings. The predicted octanol–water partition coefficient (Wildman–Crippen LogP) is 2.97. The van der Waals surface area contributed by atoms with Gasteiger partial charge >= 0.3 is 0 Å². The highest BCUT2D eigenvalue weighted by molar-refractivity contribution is 7.17. The van der Waals surface area contributed by atoms with E-state index < -0.39 is 23.8 Å². The number of thiophene rings is 1. The monoisotopic (exact) mass is 390 g/mol. The van der Waals surface area contributed by atoms with Crippen LogP contribution in [-0.2, 0) is 9.59 Å². The Kier molecular flexibility index (Phi) is 3.67. The summed E-state index contributed by atoms with van der Waals surface area (Å²) in [4.78, 5) is 50.3. The maximum absolute atomic E-state index is 13.0. The highest BCUT2D eigenvalue weighted by Crippen LogP contribution is 2.36. The van der Waals surface area contributed by atoms with Crippen molar-refractivity contribution in [3.8, 4) is 11.1 Å². The fraction of sp³-hybridized carbons (Fsp3) is 0.143. The van der Waals surface area contributed by atoms with Gasteiger partial charge in [-0.05, 0) is 35.6 Å². The fourth-order valence-electron chi connectivity index (χ4n) is 3.84. The Labute approximate surface area is 163 Å². The molecular formula is C21H14N2O4S. The average Bonchev–Trinajstić information content (AvgIpc) is 3.22. The Morgan fingerprint density at radius 3 is 2.54 bits per heavy atom. The topological polar surface area (TPSA) is 83.6 Å². The second-order valence-electron chi connectivity index (χ2n) is 6.85. The molecule has 5 rings (SSSR count). The van der Waals surface area contributed by atoms with E-state index in [1.807, 2.05) is 35.7 Å². The molecule has 1 N–H and O–H groups in total. The van der Waals surface area contributed by atoms with Gasteiger partial charge in [-0.25, -0.2) is 0 Å². The summed E-state index contributed by atoms with van der Waals surface area (Å²) in [5, 5.41) is 5.33. The number of piperidine rings is 1. The zero-order chi connectivity index (χ0) is 19.4. The van der Waals surface area contributed by atoms with Gasteiger partial charge in [-0.1, -0.05) is 24.3 Å². The molecule has 1 saturated heterocycles. The molecule has 3 heterocycles. The van der Waals surface area contributed by atoms with Gasteiger partial charge < -0.3 is 0 Å². The number of rotatable bonds is 2. The number of amides is 4. The van der Waals surface area contributed by atoms with Crippen LogP contribution < -0.4 is 5.32 Å². The van der Waals surface area contributed by atoms with Crippen molar-refractivity contribution in [1.82, 2.24) is 10.2 Å². The minimum absolute atomic E-state index is 0.107. The van der Waals surface area contributed by atoms with Crippen molar-refractivity contribution in [2.75, 3.05) is 0 Å². The van der Waals surface area contributed by atoms with Gasteiger partial charge in [0, 0.05) is 22.1 Å². The van der Waals surface area contributed by atoms with E-state index in [1.54, 1.807) is 23.5 Å². The van der Waals surface area contributed by atoms with E-state index in [-0.39, 0.29) is 24.3 Å². The molecule has 1 unspecified atom stereocenters. The third kappa shape index (κ3) is 2.40. The quantitative estimate of drug-likeness (QED) is 0.682. The van der Waals surface area contributed by atoms with E-state index in [9.17, 15) is 19.2 Å². The van der Waals surface area contributed by atoms with Gasteiger partial charge in [-0.2, -0.15) is 0 Å². The molecule has 2 aliphatic heterocycles. The highest BCUT2D eigenvalue weighted by atomic mass is 32.1. The van der Waals surface area contributed by atoms with E-state index in [1.165, 1.54) is 0 Å². The first-order valence-electron chi connectivity index (χ1n) is 8.87. The van der Waals surface area contributed by atoms with Gasteiger partial charge in [-0.15, -0.1) is 11.3 Å². The van der Waals surface area contributed by atoms with Gasteiger partial charge in [0.2, 0.25) is 11.8 Å². The zero-order valence-electron chi connectivity index (χ0n) is 14.6. The largest absolute Gasteiger partial charge is 0.295 e. The molecule has 1 fully saturated rings. The number of imide groups is 2. The molecular weight excluding hydrogens is 376 g/mol. The molecule has 7 heteroatoms. The number of hydrogen-bond donors (Lipinski definition) is 1. The molecule has 1 aromatic heterocycles. The first-order valence-corrected chi connectivity index (χ1v) is 9.75. The minimum Gasteiger partial charge on any atom is -0.295 e. The minimum atomic E-state index is -0.949. The first-order chi connectivity index (χ1) is 13.5. The number of nitrogens with one attached hydrogen (secondary N) is 1. The summed E-state index contributed by atoms with van der Waals surface area (Å²) in [6, 6.07) is 12.2. The van der Waals surface area contributed by atoms with Gasteiger partial charge in [0.25, 0.3) is 11.8 Å². The lowest BCUT2D eigenvalue weighted by Gasteiger charge is -2.27. The van der Waals surface area contributed by atoms with Crippen LogP contribution in [0.4, 0.5) is 0 Å². The first kappa shape index (κ1) is 16.8. The molecule has 6 nitrogen and oxygen atoms in total. The molecule has 0 bridgehead atoms. The van der Waals surface area contributed by atoms with Crippen molar-refractivity contribution < 1.29 is 19.2 Å². The Morgan fingerprint density at radius 1 is 0.929 bits per heavy atom. The van der Waals surface area contributed by atoms with Crippen LogP contribution in [0, 0.1) is 0 Å². The van der Waals surface area contributed by atoms with Crippen LogP contribution in [0.5, 0.6) is 0 Å². The van der Waals surface area contributed by atoms with Crippen molar-refractivity contribution >= 4 is 45.1 Å². The van der Waals surface area contributed by atoms with Crippen molar-refractivity contribution in [2.45, 2.75) is 18.9 Å². The van der Waals surface area contributed by atoms with Crippen LogP contribution >= 0.6 is 11.3 Å². The second-order valence-corrected chi connectivity index (χ2v) is 7.76. The highest BCUT2D eigenvalue weighted by Gasteiger charge is 2.44. The van der Waals surface area contributed by atoms with Crippen molar-refractivity contribution in [1.29, 1.82) is 0 Å². The van der Waals surface area contributed by atoms with E-state index in [0.717, 1.165) is 26.1 Å². The van der Waals surface area contributed by atoms with Gasteiger partial charge in [0.1, 0.15) is 6.04 Å². The lowest BCUT2D eigenvalue weighted by Crippen LogP contribution is -2.54. The average molecular weight is 390 g/mol. The third-order valence-electron chi connectivity index (χ3n) is 5.23. The molecule has 1 atom stereocenters. The van der Waals surface area contributed by atoms with Crippen LogP contribution in [0.15, 0.2) is 47.8 Å². The summed E-state index contributed by atoms with van der Waals surface area (Å²) in [7, 11) is 0.